The number of hydrogen-bond donors (Lipinski definition) is 4. The molecule has 0 saturated heterocycles. The Labute approximate surface area is 242 Å². The van der Waals surface area contributed by atoms with Crippen molar-refractivity contribution in [3.8, 4) is 28.0 Å². The van der Waals surface area contributed by atoms with E-state index in [1.807, 2.05) is 54.6 Å². The van der Waals surface area contributed by atoms with Crippen molar-refractivity contribution in [3.63, 3.8) is 0 Å². The van der Waals surface area contributed by atoms with Crippen molar-refractivity contribution in [1.29, 1.82) is 0 Å². The van der Waals surface area contributed by atoms with Gasteiger partial charge >= 0.3 is 5.97 Å². The zero-order chi connectivity index (χ0) is 29.1. The highest BCUT2D eigenvalue weighted by Crippen LogP contribution is 2.49. The maximum atomic E-state index is 13.3. The molecule has 4 aromatic carbocycles. The number of hydrogen-bond acceptors (Lipinski definition) is 4. The minimum Gasteiger partial charge on any atom is -0.508 e. The second-order valence-corrected chi connectivity index (χ2v) is 10.6. The van der Waals surface area contributed by atoms with Gasteiger partial charge in [-0.15, -0.1) is 0 Å². The van der Waals surface area contributed by atoms with Crippen LogP contribution in [0.3, 0.4) is 0 Å². The van der Waals surface area contributed by atoms with Crippen LogP contribution in [0.25, 0.3) is 22.3 Å². The van der Waals surface area contributed by atoms with E-state index in [4.69, 9.17) is 11.6 Å². The number of carbonyl (C=O) groups excluding carboxylic acids is 2. The van der Waals surface area contributed by atoms with E-state index in [2.05, 4.69) is 16.7 Å². The van der Waals surface area contributed by atoms with Crippen molar-refractivity contribution in [3.05, 3.63) is 107 Å². The van der Waals surface area contributed by atoms with Gasteiger partial charge in [0.05, 0.1) is 0 Å². The molecule has 0 bridgehead atoms. The maximum Gasteiger partial charge on any atom is 0.303 e. The third kappa shape index (κ3) is 6.26. The van der Waals surface area contributed by atoms with Crippen molar-refractivity contribution < 1.29 is 24.6 Å². The first-order valence-electron chi connectivity index (χ1n) is 13.3. The largest absolute Gasteiger partial charge is 0.508 e. The molecule has 8 heteroatoms. The maximum absolute atomic E-state index is 13.3. The number of carboxylic acids is 1. The summed E-state index contributed by atoms with van der Waals surface area (Å²) < 4.78 is 0. The zero-order valence-corrected chi connectivity index (χ0v) is 23.1. The number of benzene rings is 4. The van der Waals surface area contributed by atoms with Gasteiger partial charge in [-0.2, -0.15) is 0 Å². The molecular weight excluding hydrogens is 540 g/mol. The Morgan fingerprint density at radius 1 is 0.878 bits per heavy atom. The molecule has 0 aromatic heterocycles. The number of rotatable bonds is 9. The number of carboxylic acid groups (broad SMARTS) is 1. The van der Waals surface area contributed by atoms with E-state index < -0.39 is 12.0 Å². The molecule has 1 aliphatic carbocycles. The van der Waals surface area contributed by atoms with Crippen molar-refractivity contribution in [2.24, 2.45) is 0 Å². The summed E-state index contributed by atoms with van der Waals surface area (Å²) >= 11 is 6.47. The second-order valence-electron chi connectivity index (χ2n) is 10.2. The average molecular weight is 569 g/mol. The first-order chi connectivity index (χ1) is 19.7. The Morgan fingerprint density at radius 3 is 2.24 bits per heavy atom. The van der Waals surface area contributed by atoms with E-state index in [9.17, 15) is 24.6 Å². The van der Waals surface area contributed by atoms with E-state index >= 15 is 0 Å². The van der Waals surface area contributed by atoms with E-state index in [-0.39, 0.29) is 36.3 Å². The van der Waals surface area contributed by atoms with Gasteiger partial charge in [0.15, 0.2) is 0 Å². The van der Waals surface area contributed by atoms with E-state index in [1.165, 1.54) is 19.1 Å². The third-order valence-electron chi connectivity index (χ3n) is 7.31. The van der Waals surface area contributed by atoms with Crippen LogP contribution in [0.2, 0.25) is 5.02 Å². The second kappa shape index (κ2) is 11.9. The van der Waals surface area contributed by atoms with Crippen LogP contribution in [-0.2, 0) is 20.8 Å². The number of aliphatic carboxylic acids is 1. The molecule has 2 amide bonds. The molecule has 208 valence electrons. The van der Waals surface area contributed by atoms with Gasteiger partial charge in [-0.05, 0) is 76.2 Å². The number of amides is 2. The lowest BCUT2D eigenvalue weighted by Crippen LogP contribution is -2.44. The first kappa shape index (κ1) is 27.9. The smallest absolute Gasteiger partial charge is 0.303 e. The summed E-state index contributed by atoms with van der Waals surface area (Å²) in [5.41, 5.74) is 7.14. The van der Waals surface area contributed by atoms with Crippen LogP contribution in [0.15, 0.2) is 84.9 Å². The van der Waals surface area contributed by atoms with Gasteiger partial charge in [0.2, 0.25) is 11.8 Å². The summed E-state index contributed by atoms with van der Waals surface area (Å²) in [6, 6.07) is 25.0. The summed E-state index contributed by atoms with van der Waals surface area (Å²) in [6.45, 7) is 1.35. The number of halogens is 1. The van der Waals surface area contributed by atoms with Crippen molar-refractivity contribution in [2.75, 3.05) is 5.32 Å². The molecule has 0 aliphatic heterocycles. The lowest BCUT2D eigenvalue weighted by Gasteiger charge is -2.19. The molecule has 5 rings (SSSR count). The number of nitrogens with one attached hydrogen (secondary N) is 2. The van der Waals surface area contributed by atoms with Gasteiger partial charge in [-0.25, -0.2) is 0 Å². The fourth-order valence-corrected chi connectivity index (χ4v) is 5.68. The highest BCUT2D eigenvalue weighted by atomic mass is 35.5. The number of carbonyl (C=O) groups is 3. The number of phenolic OH excluding ortho intramolecular Hbond substituents is 1. The monoisotopic (exact) mass is 568 g/mol. The Kier molecular flexibility index (Phi) is 8.08. The summed E-state index contributed by atoms with van der Waals surface area (Å²) in [5, 5.41) is 25.3. The highest BCUT2D eigenvalue weighted by molar-refractivity contribution is 6.33. The van der Waals surface area contributed by atoms with E-state index in [0.717, 1.165) is 38.9 Å². The van der Waals surface area contributed by atoms with Crippen LogP contribution in [0.4, 0.5) is 5.69 Å². The molecule has 4 aromatic rings. The average Bonchev–Trinajstić information content (AvgIpc) is 3.24. The predicted octanol–water partition coefficient (Wildman–Crippen LogP) is 6.38. The minimum atomic E-state index is -0.876. The lowest BCUT2D eigenvalue weighted by atomic mass is 9.90. The SMILES string of the molecule is CC(=O)N[C@@H](Cc1ccc(O)cc1)C(=O)Nc1ccc2c(c1)C(CCC(=O)O)c1cc(-c3ccccc3Cl)ccc1-2. The third-order valence-corrected chi connectivity index (χ3v) is 7.64. The van der Waals surface area contributed by atoms with Crippen LogP contribution in [0.1, 0.15) is 42.4 Å². The summed E-state index contributed by atoms with van der Waals surface area (Å²) in [6.07, 6.45) is 0.635. The molecule has 2 atom stereocenters. The Bertz CT molecular complexity index is 1630. The number of phenols is 1. The molecule has 41 heavy (non-hydrogen) atoms. The number of aromatic hydroxyl groups is 1. The van der Waals surface area contributed by atoms with Crippen molar-refractivity contribution >= 4 is 35.1 Å². The lowest BCUT2D eigenvalue weighted by molar-refractivity contribution is -0.137. The standard InChI is InChI=1S/C33H29ClN2O5/c1-19(37)35-31(16-20-6-10-23(38)11-7-20)33(41)36-22-9-13-26-25-12-8-21(24-4-2-3-5-30(24)34)17-28(25)27(29(26)18-22)14-15-32(39)40/h2-13,17-18,27,31,38H,14-16H2,1H3,(H,35,37)(H,36,41)(H,39,40)/t27?,31-/m0/s1. The van der Waals surface area contributed by atoms with Crippen LogP contribution < -0.4 is 10.6 Å². The summed E-state index contributed by atoms with van der Waals surface area (Å²) in [5.74, 6) is -1.66. The summed E-state index contributed by atoms with van der Waals surface area (Å²) in [7, 11) is 0. The molecular formula is C33H29ClN2O5. The zero-order valence-electron chi connectivity index (χ0n) is 22.4. The van der Waals surface area contributed by atoms with Gasteiger partial charge in [-0.1, -0.05) is 60.1 Å². The van der Waals surface area contributed by atoms with Crippen molar-refractivity contribution in [1.82, 2.24) is 5.32 Å². The molecule has 1 aliphatic rings. The molecule has 7 nitrogen and oxygen atoms in total. The van der Waals surface area contributed by atoms with Gasteiger partial charge in [-0.3, -0.25) is 14.4 Å². The molecule has 1 unspecified atom stereocenters. The van der Waals surface area contributed by atoms with E-state index in [1.54, 1.807) is 12.1 Å². The van der Waals surface area contributed by atoms with Crippen LogP contribution in [-0.4, -0.2) is 34.0 Å². The topological polar surface area (TPSA) is 116 Å². The Morgan fingerprint density at radius 2 is 1.56 bits per heavy atom. The van der Waals surface area contributed by atoms with Gasteiger partial charge in [0.1, 0.15) is 11.8 Å². The Hall–Kier alpha value is -4.62. The molecule has 0 radical (unpaired) electrons. The van der Waals surface area contributed by atoms with Crippen LogP contribution in [0.5, 0.6) is 5.75 Å². The fourth-order valence-electron chi connectivity index (χ4n) is 5.43. The van der Waals surface area contributed by atoms with Gasteiger partial charge in [0.25, 0.3) is 0 Å². The number of fused-ring (bicyclic) bond motifs is 3. The van der Waals surface area contributed by atoms with Gasteiger partial charge in [0, 0.05) is 42.0 Å². The first-order valence-corrected chi connectivity index (χ1v) is 13.7. The minimum absolute atomic E-state index is 0.00626. The Balaban J connectivity index is 1.44. The molecule has 0 heterocycles. The molecule has 0 saturated carbocycles. The van der Waals surface area contributed by atoms with Crippen LogP contribution in [0, 0.1) is 0 Å². The number of anilines is 1. The molecule has 0 spiro atoms. The van der Waals surface area contributed by atoms with Gasteiger partial charge < -0.3 is 20.8 Å². The van der Waals surface area contributed by atoms with E-state index in [0.29, 0.717) is 17.1 Å². The quantitative estimate of drug-likeness (QED) is 0.187. The predicted molar refractivity (Wildman–Crippen MR) is 159 cm³/mol. The van der Waals surface area contributed by atoms with Crippen molar-refractivity contribution in [2.45, 2.75) is 38.1 Å². The normalized spacial score (nSPS) is 14.0. The fraction of sp³-hybridized carbons (Fsp3) is 0.182. The molecule has 4 N–H and O–H groups in total. The van der Waals surface area contributed by atoms with Crippen LogP contribution >= 0.6 is 11.6 Å². The molecule has 0 fully saturated rings. The highest BCUT2D eigenvalue weighted by Gasteiger charge is 2.30. The summed E-state index contributed by atoms with van der Waals surface area (Å²) in [4.78, 5) is 36.7.